The third kappa shape index (κ3) is 4.85. The lowest BCUT2D eigenvalue weighted by atomic mass is 10.0. The highest BCUT2D eigenvalue weighted by atomic mass is 32.2. The number of halogens is 3. The highest BCUT2D eigenvalue weighted by molar-refractivity contribution is 7.92. The van der Waals surface area contributed by atoms with Crippen LogP contribution in [0.15, 0.2) is 78.0 Å². The Morgan fingerprint density at radius 2 is 1.62 bits per heavy atom. The summed E-state index contributed by atoms with van der Waals surface area (Å²) >= 11 is 0. The number of rotatable bonds is 6. The van der Waals surface area contributed by atoms with Crippen LogP contribution in [-0.4, -0.2) is 54.2 Å². The molecule has 0 bridgehead atoms. The molecule has 0 atom stereocenters. The second kappa shape index (κ2) is 9.80. The summed E-state index contributed by atoms with van der Waals surface area (Å²) in [5, 5.41) is 0. The molecule has 13 heteroatoms. The van der Waals surface area contributed by atoms with Crippen LogP contribution in [0.2, 0.25) is 0 Å². The Balaban J connectivity index is 1.64. The molecule has 3 aromatic rings. The van der Waals surface area contributed by atoms with Crippen LogP contribution in [0, 0.1) is 0 Å². The molecule has 0 unspecified atom stereocenters. The van der Waals surface area contributed by atoms with E-state index in [9.17, 15) is 36.0 Å². The number of carbonyl (C=O) groups excluding carboxylic acids is 3. The molecule has 1 aliphatic heterocycles. The molecular weight excluding hydrogens is 537 g/mol. The first kappa shape index (κ1) is 27.8. The van der Waals surface area contributed by atoms with Gasteiger partial charge in [-0.15, -0.1) is 0 Å². The van der Waals surface area contributed by atoms with E-state index in [1.807, 2.05) is 6.07 Å². The van der Waals surface area contributed by atoms with Crippen molar-refractivity contribution in [3.8, 4) is 0 Å². The SMILES string of the molecule is CN(C(=O)c1cnccc1CN1C(=O)N(c2ccc(S(=O)(=O)C(F)(F)F)cc2)C(=O)C1(C)C)c1ccccc1. The molecule has 9 nitrogen and oxygen atoms in total. The molecule has 0 N–H and O–H groups in total. The number of urea groups is 1. The molecule has 39 heavy (non-hydrogen) atoms. The minimum absolute atomic E-state index is 0.100. The van der Waals surface area contributed by atoms with E-state index in [2.05, 4.69) is 4.98 Å². The van der Waals surface area contributed by atoms with E-state index < -0.39 is 43.6 Å². The van der Waals surface area contributed by atoms with Gasteiger partial charge in [0, 0.05) is 31.7 Å². The van der Waals surface area contributed by atoms with E-state index in [1.165, 1.54) is 36.0 Å². The molecule has 0 saturated carbocycles. The quantitative estimate of drug-likeness (QED) is 0.414. The Bertz CT molecular complexity index is 1540. The minimum Gasteiger partial charge on any atom is -0.311 e. The number of pyridine rings is 1. The zero-order valence-electron chi connectivity index (χ0n) is 21.0. The van der Waals surface area contributed by atoms with Gasteiger partial charge in [0.1, 0.15) is 5.54 Å². The van der Waals surface area contributed by atoms with E-state index in [-0.39, 0.29) is 17.8 Å². The van der Waals surface area contributed by atoms with Gasteiger partial charge in [-0.1, -0.05) is 18.2 Å². The summed E-state index contributed by atoms with van der Waals surface area (Å²) in [7, 11) is -4.01. The van der Waals surface area contributed by atoms with Crippen LogP contribution in [-0.2, 0) is 21.2 Å². The van der Waals surface area contributed by atoms with Crippen molar-refractivity contribution >= 4 is 39.1 Å². The summed E-state index contributed by atoms with van der Waals surface area (Å²) in [6, 6.07) is 12.9. The third-order valence-electron chi connectivity index (χ3n) is 6.45. The van der Waals surface area contributed by atoms with Gasteiger partial charge in [-0.3, -0.25) is 14.6 Å². The number of amides is 4. The monoisotopic (exact) mass is 560 g/mol. The Morgan fingerprint density at radius 1 is 1.00 bits per heavy atom. The van der Waals surface area contributed by atoms with Gasteiger partial charge in [0.05, 0.1) is 16.1 Å². The van der Waals surface area contributed by atoms with E-state index in [0.717, 1.165) is 17.0 Å². The van der Waals surface area contributed by atoms with Crippen molar-refractivity contribution in [3.63, 3.8) is 0 Å². The first-order valence-electron chi connectivity index (χ1n) is 11.5. The molecule has 1 aromatic heterocycles. The number of imide groups is 1. The number of alkyl halides is 3. The van der Waals surface area contributed by atoms with Gasteiger partial charge < -0.3 is 9.80 Å². The number of aromatic nitrogens is 1. The fourth-order valence-electron chi connectivity index (χ4n) is 4.11. The number of para-hydroxylation sites is 1. The van der Waals surface area contributed by atoms with E-state index in [0.29, 0.717) is 23.4 Å². The Labute approximate surface area is 222 Å². The highest BCUT2D eigenvalue weighted by Gasteiger charge is 2.52. The fourth-order valence-corrected chi connectivity index (χ4v) is 4.87. The highest BCUT2D eigenvalue weighted by Crippen LogP contribution is 2.36. The summed E-state index contributed by atoms with van der Waals surface area (Å²) in [5.74, 6) is -1.07. The Hall–Kier alpha value is -4.26. The molecular formula is C26H23F3N4O5S. The van der Waals surface area contributed by atoms with Crippen molar-refractivity contribution in [1.29, 1.82) is 0 Å². The smallest absolute Gasteiger partial charge is 0.311 e. The largest absolute Gasteiger partial charge is 0.501 e. The average molecular weight is 561 g/mol. The van der Waals surface area contributed by atoms with Gasteiger partial charge in [0.2, 0.25) is 0 Å². The second-order valence-corrected chi connectivity index (χ2v) is 11.2. The lowest BCUT2D eigenvalue weighted by molar-refractivity contribution is -0.123. The summed E-state index contributed by atoms with van der Waals surface area (Å²) in [6.45, 7) is 2.84. The van der Waals surface area contributed by atoms with Gasteiger partial charge in [0.15, 0.2) is 0 Å². The number of sulfone groups is 1. The van der Waals surface area contributed by atoms with Crippen molar-refractivity contribution < 1.29 is 36.0 Å². The normalized spacial score (nSPS) is 15.5. The first-order chi connectivity index (χ1) is 18.2. The minimum atomic E-state index is -5.60. The van der Waals surface area contributed by atoms with Gasteiger partial charge in [-0.25, -0.2) is 18.1 Å². The van der Waals surface area contributed by atoms with E-state index >= 15 is 0 Å². The predicted octanol–water partition coefficient (Wildman–Crippen LogP) is 4.40. The number of anilines is 2. The van der Waals surface area contributed by atoms with Crippen LogP contribution in [0.25, 0.3) is 0 Å². The van der Waals surface area contributed by atoms with E-state index in [1.54, 1.807) is 37.4 Å². The van der Waals surface area contributed by atoms with Crippen LogP contribution < -0.4 is 9.80 Å². The molecule has 4 rings (SSSR count). The van der Waals surface area contributed by atoms with Crippen LogP contribution in [0.1, 0.15) is 29.8 Å². The maximum absolute atomic E-state index is 13.4. The number of hydrogen-bond acceptors (Lipinski definition) is 6. The average Bonchev–Trinajstić information content (AvgIpc) is 3.07. The van der Waals surface area contributed by atoms with Gasteiger partial charge in [0.25, 0.3) is 21.7 Å². The lowest BCUT2D eigenvalue weighted by Gasteiger charge is -2.28. The molecule has 1 aliphatic rings. The van der Waals surface area contributed by atoms with Crippen molar-refractivity contribution in [2.24, 2.45) is 0 Å². The number of carbonyl (C=O) groups is 3. The third-order valence-corrected chi connectivity index (χ3v) is 7.95. The number of benzene rings is 2. The molecule has 0 spiro atoms. The van der Waals surface area contributed by atoms with Crippen molar-refractivity contribution in [2.45, 2.75) is 36.3 Å². The first-order valence-corrected chi connectivity index (χ1v) is 13.0. The molecule has 0 radical (unpaired) electrons. The van der Waals surface area contributed by atoms with Crippen LogP contribution >= 0.6 is 0 Å². The topological polar surface area (TPSA) is 108 Å². The summed E-state index contributed by atoms with van der Waals surface area (Å²) < 4.78 is 62.1. The Morgan fingerprint density at radius 3 is 2.21 bits per heavy atom. The molecule has 4 amide bonds. The van der Waals surface area contributed by atoms with Gasteiger partial charge in [-0.2, -0.15) is 13.2 Å². The molecule has 204 valence electrons. The maximum Gasteiger partial charge on any atom is 0.501 e. The van der Waals surface area contributed by atoms with E-state index in [4.69, 9.17) is 0 Å². The molecule has 1 fully saturated rings. The zero-order valence-corrected chi connectivity index (χ0v) is 21.8. The predicted molar refractivity (Wildman–Crippen MR) is 136 cm³/mol. The number of hydrogen-bond donors (Lipinski definition) is 0. The van der Waals surface area contributed by atoms with Crippen LogP contribution in [0.4, 0.5) is 29.3 Å². The lowest BCUT2D eigenvalue weighted by Crippen LogP contribution is -2.44. The second-order valence-electron chi connectivity index (χ2n) is 9.24. The molecule has 2 heterocycles. The van der Waals surface area contributed by atoms with Crippen molar-refractivity contribution in [3.05, 3.63) is 84.2 Å². The molecule has 1 saturated heterocycles. The fraction of sp³-hybridized carbons (Fsp3) is 0.231. The van der Waals surface area contributed by atoms with Crippen molar-refractivity contribution in [2.75, 3.05) is 16.8 Å². The standard InChI is InChI=1S/C26H23F3N4O5S/c1-25(2)23(35)33(19-9-11-20(12-10-19)39(37,38)26(27,28)29)24(36)32(25)16-17-13-14-30-15-21(17)22(34)31(3)18-7-5-4-6-8-18/h4-15H,16H2,1-3H3. The zero-order chi connectivity index (χ0) is 28.8. The van der Waals surface area contributed by atoms with Crippen molar-refractivity contribution in [1.82, 2.24) is 9.88 Å². The maximum atomic E-state index is 13.4. The molecule has 2 aromatic carbocycles. The van der Waals surface area contributed by atoms with Gasteiger partial charge >= 0.3 is 11.5 Å². The molecule has 0 aliphatic carbocycles. The number of nitrogens with zero attached hydrogens (tertiary/aromatic N) is 4. The van der Waals surface area contributed by atoms with Crippen LogP contribution in [0.3, 0.4) is 0 Å². The van der Waals surface area contributed by atoms with Crippen LogP contribution in [0.5, 0.6) is 0 Å². The Kier molecular flexibility index (Phi) is 6.98. The van der Waals surface area contributed by atoms with Gasteiger partial charge in [-0.05, 0) is 61.9 Å². The summed E-state index contributed by atoms with van der Waals surface area (Å²) in [6.07, 6.45) is 2.81. The summed E-state index contributed by atoms with van der Waals surface area (Å²) in [5.41, 5.74) is -5.74. The summed E-state index contributed by atoms with van der Waals surface area (Å²) in [4.78, 5) is 46.4.